The van der Waals surface area contributed by atoms with Gasteiger partial charge in [-0.25, -0.2) is 9.48 Å². The van der Waals surface area contributed by atoms with E-state index in [2.05, 4.69) is 15.3 Å². The van der Waals surface area contributed by atoms with Crippen molar-refractivity contribution in [2.24, 2.45) is 0 Å². The van der Waals surface area contributed by atoms with E-state index in [0.29, 0.717) is 6.42 Å². The molecule has 1 aliphatic heterocycles. The second kappa shape index (κ2) is 6.88. The monoisotopic (exact) mass is 353 g/mol. The largest absolute Gasteiger partial charge is 0.394 e. The maximum Gasteiger partial charge on any atom is 0.330 e. The fraction of sp³-hybridized carbons (Fsp3) is 0.571. The fourth-order valence-corrected chi connectivity index (χ4v) is 2.69. The molecule has 4 N–H and O–H groups in total. The molecule has 11 nitrogen and oxygen atoms in total. The smallest absolute Gasteiger partial charge is 0.330 e. The van der Waals surface area contributed by atoms with Crippen LogP contribution in [0.2, 0.25) is 0 Å². The van der Waals surface area contributed by atoms with Gasteiger partial charge in [0.1, 0.15) is 18.3 Å². The van der Waals surface area contributed by atoms with Crippen LogP contribution >= 0.6 is 0 Å². The first-order valence-electron chi connectivity index (χ1n) is 7.80. The minimum Gasteiger partial charge on any atom is -0.394 e. The Kier molecular flexibility index (Phi) is 4.81. The van der Waals surface area contributed by atoms with Gasteiger partial charge in [-0.2, -0.15) is 0 Å². The van der Waals surface area contributed by atoms with E-state index in [1.54, 1.807) is 6.20 Å². The summed E-state index contributed by atoms with van der Waals surface area (Å²) in [5, 5.41) is 36.9. The summed E-state index contributed by atoms with van der Waals surface area (Å²) >= 11 is 0. The van der Waals surface area contributed by atoms with Crippen molar-refractivity contribution in [2.45, 2.75) is 44.4 Å². The first-order chi connectivity index (χ1) is 11.9. The number of aliphatic hydroxyl groups is 3. The molecule has 0 amide bonds. The number of aromatic nitrogens is 5. The summed E-state index contributed by atoms with van der Waals surface area (Å²) < 4.78 is 7.76. The van der Waals surface area contributed by atoms with Gasteiger partial charge in [-0.3, -0.25) is 14.3 Å². The zero-order chi connectivity index (χ0) is 18.1. The van der Waals surface area contributed by atoms with Crippen LogP contribution in [0.1, 0.15) is 24.4 Å². The van der Waals surface area contributed by atoms with Crippen molar-refractivity contribution in [1.29, 1.82) is 0 Å². The summed E-state index contributed by atoms with van der Waals surface area (Å²) in [6.07, 6.45) is -1.40. The van der Waals surface area contributed by atoms with Gasteiger partial charge in [-0.05, 0) is 6.42 Å². The minimum atomic E-state index is -1.42. The Morgan fingerprint density at radius 1 is 1.28 bits per heavy atom. The number of aliphatic hydroxyl groups excluding tert-OH is 3. The summed E-state index contributed by atoms with van der Waals surface area (Å²) in [7, 11) is 0. The van der Waals surface area contributed by atoms with E-state index in [-0.39, 0.29) is 12.1 Å². The lowest BCUT2D eigenvalue weighted by atomic mass is 10.1. The number of rotatable bonds is 5. The van der Waals surface area contributed by atoms with Crippen molar-refractivity contribution in [3.63, 3.8) is 0 Å². The quantitative estimate of drug-likeness (QED) is 0.454. The molecule has 3 rings (SSSR count). The number of aryl methyl sites for hydroxylation is 1. The second-order valence-corrected chi connectivity index (χ2v) is 5.81. The van der Waals surface area contributed by atoms with Gasteiger partial charge >= 0.3 is 5.69 Å². The first-order valence-corrected chi connectivity index (χ1v) is 7.80. The number of nitrogens with zero attached hydrogens (tertiary/aromatic N) is 4. The van der Waals surface area contributed by atoms with E-state index < -0.39 is 42.4 Å². The third-order valence-electron chi connectivity index (χ3n) is 4.11. The molecule has 25 heavy (non-hydrogen) atoms. The fourth-order valence-electron chi connectivity index (χ4n) is 2.69. The van der Waals surface area contributed by atoms with Crippen LogP contribution in [0, 0.1) is 0 Å². The molecule has 4 atom stereocenters. The molecule has 11 heteroatoms. The topological polar surface area (TPSA) is 155 Å². The number of hydrogen-bond acceptors (Lipinski definition) is 8. The number of H-pyrrole nitrogens is 1. The average Bonchev–Trinajstić information content (AvgIpc) is 3.16. The molecule has 136 valence electrons. The molecule has 4 unspecified atom stereocenters. The van der Waals surface area contributed by atoms with Gasteiger partial charge in [0.05, 0.1) is 24.4 Å². The average molecular weight is 353 g/mol. The third-order valence-corrected chi connectivity index (χ3v) is 4.11. The molecule has 3 heterocycles. The SMILES string of the molecule is CCc1cn(Cc2cn(C3OC(CO)C(O)C3O)c(=O)[nH]c2=O)nn1. The zero-order valence-electron chi connectivity index (χ0n) is 13.4. The lowest BCUT2D eigenvalue weighted by Crippen LogP contribution is -2.39. The maximum absolute atomic E-state index is 12.1. The van der Waals surface area contributed by atoms with Crippen molar-refractivity contribution in [3.8, 4) is 0 Å². The Labute approximate surface area is 141 Å². The summed E-state index contributed by atoms with van der Waals surface area (Å²) in [6.45, 7) is 1.47. The van der Waals surface area contributed by atoms with Crippen LogP contribution < -0.4 is 11.2 Å². The molecule has 2 aromatic rings. The van der Waals surface area contributed by atoms with Crippen LogP contribution in [0.25, 0.3) is 0 Å². The van der Waals surface area contributed by atoms with Crippen LogP contribution in [-0.4, -0.2) is 64.8 Å². The van der Waals surface area contributed by atoms with Crippen molar-refractivity contribution in [3.05, 3.63) is 44.5 Å². The Bertz CT molecular complexity index is 858. The Morgan fingerprint density at radius 3 is 2.64 bits per heavy atom. The molecule has 0 aliphatic carbocycles. The molecule has 1 fully saturated rings. The maximum atomic E-state index is 12.1. The number of aromatic amines is 1. The van der Waals surface area contributed by atoms with Gasteiger partial charge in [-0.15, -0.1) is 5.10 Å². The van der Waals surface area contributed by atoms with Gasteiger partial charge < -0.3 is 20.1 Å². The van der Waals surface area contributed by atoms with Gasteiger partial charge in [0.25, 0.3) is 5.56 Å². The molecular formula is C14H19N5O6. The first kappa shape index (κ1) is 17.5. The molecular weight excluding hydrogens is 334 g/mol. The van der Waals surface area contributed by atoms with Gasteiger partial charge in [0, 0.05) is 12.4 Å². The standard InChI is InChI=1S/C14H19N5O6/c1-2-8-5-18(17-16-8)3-7-4-19(14(24)15-12(7)23)13-11(22)10(21)9(6-20)25-13/h4-5,9-11,13,20-22H,2-3,6H2,1H3,(H,15,23,24). The predicted octanol–water partition coefficient (Wildman–Crippen LogP) is -2.65. The lowest BCUT2D eigenvalue weighted by molar-refractivity contribution is -0.0551. The van der Waals surface area contributed by atoms with Gasteiger partial charge in [0.15, 0.2) is 6.23 Å². The molecule has 0 radical (unpaired) electrons. The van der Waals surface area contributed by atoms with Gasteiger partial charge in [-0.1, -0.05) is 12.1 Å². The summed E-state index contributed by atoms with van der Waals surface area (Å²) in [6, 6.07) is 0. The Balaban J connectivity index is 1.93. The summed E-state index contributed by atoms with van der Waals surface area (Å²) in [5.41, 5.74) is -0.434. The predicted molar refractivity (Wildman–Crippen MR) is 82.8 cm³/mol. The summed E-state index contributed by atoms with van der Waals surface area (Å²) in [4.78, 5) is 26.2. The highest BCUT2D eigenvalue weighted by atomic mass is 16.6. The molecule has 1 aliphatic rings. The van der Waals surface area contributed by atoms with Crippen LogP contribution in [-0.2, 0) is 17.7 Å². The number of nitrogens with one attached hydrogen (secondary N) is 1. The minimum absolute atomic E-state index is 0.0669. The highest BCUT2D eigenvalue weighted by molar-refractivity contribution is 5.07. The molecule has 2 aromatic heterocycles. The van der Waals surface area contributed by atoms with Crippen molar-refractivity contribution >= 4 is 0 Å². The van der Waals surface area contributed by atoms with E-state index in [0.717, 1.165) is 10.3 Å². The molecule has 1 saturated heterocycles. The van der Waals surface area contributed by atoms with Crippen molar-refractivity contribution < 1.29 is 20.1 Å². The zero-order valence-corrected chi connectivity index (χ0v) is 13.4. The number of ether oxygens (including phenoxy) is 1. The highest BCUT2D eigenvalue weighted by Gasteiger charge is 2.43. The molecule has 0 spiro atoms. The lowest BCUT2D eigenvalue weighted by Gasteiger charge is -2.17. The second-order valence-electron chi connectivity index (χ2n) is 5.81. The van der Waals surface area contributed by atoms with Crippen molar-refractivity contribution in [1.82, 2.24) is 24.5 Å². The summed E-state index contributed by atoms with van der Waals surface area (Å²) in [5.74, 6) is 0. The van der Waals surface area contributed by atoms with E-state index in [4.69, 9.17) is 9.84 Å². The van der Waals surface area contributed by atoms with E-state index in [9.17, 15) is 19.8 Å². The molecule has 0 saturated carbocycles. The molecule has 0 bridgehead atoms. The Hall–Kier alpha value is -2.34. The van der Waals surface area contributed by atoms with E-state index in [1.165, 1.54) is 10.9 Å². The Morgan fingerprint density at radius 2 is 2.04 bits per heavy atom. The highest BCUT2D eigenvalue weighted by Crippen LogP contribution is 2.27. The van der Waals surface area contributed by atoms with Crippen LogP contribution in [0.5, 0.6) is 0 Å². The van der Waals surface area contributed by atoms with Crippen molar-refractivity contribution in [2.75, 3.05) is 6.61 Å². The third kappa shape index (κ3) is 3.26. The van der Waals surface area contributed by atoms with E-state index >= 15 is 0 Å². The normalized spacial score (nSPS) is 26.2. The van der Waals surface area contributed by atoms with Gasteiger partial charge in [0.2, 0.25) is 0 Å². The van der Waals surface area contributed by atoms with E-state index in [1.807, 2.05) is 6.92 Å². The van der Waals surface area contributed by atoms with Crippen LogP contribution in [0.15, 0.2) is 22.0 Å². The van der Waals surface area contributed by atoms with Crippen LogP contribution in [0.4, 0.5) is 0 Å². The molecule has 0 aromatic carbocycles. The number of hydrogen-bond donors (Lipinski definition) is 4. The van der Waals surface area contributed by atoms with Crippen LogP contribution in [0.3, 0.4) is 0 Å².